The number of nitrogens with zero attached hydrogens (tertiary/aromatic N) is 4. The molecule has 0 amide bonds. The molecule has 0 fully saturated rings. The first kappa shape index (κ1) is 42.6. The smallest absolute Gasteiger partial charge is 0.252 e. The van der Waals surface area contributed by atoms with Gasteiger partial charge in [0.2, 0.25) is 6.71 Å². The van der Waals surface area contributed by atoms with E-state index in [-0.39, 0.29) is 13.4 Å². The van der Waals surface area contributed by atoms with E-state index in [0.29, 0.717) is 0 Å². The zero-order valence-corrected chi connectivity index (χ0v) is 41.1. The number of hydrogen-bond acceptors (Lipinski definition) is 6. The molecule has 4 aliphatic heterocycles. The van der Waals surface area contributed by atoms with Crippen LogP contribution < -0.4 is 57.7 Å². The number of para-hydroxylation sites is 8. The lowest BCUT2D eigenvalue weighted by Gasteiger charge is -2.43. The Bertz CT molecular complexity index is 3610. The van der Waals surface area contributed by atoms with Gasteiger partial charge >= 0.3 is 0 Å². The molecule has 8 heteroatoms. The van der Waals surface area contributed by atoms with E-state index < -0.39 is 0 Å². The first-order valence-corrected chi connectivity index (χ1v) is 26.2. The van der Waals surface area contributed by atoms with Crippen molar-refractivity contribution in [2.75, 3.05) is 24.9 Å². The molecule has 0 atom stereocenters. The summed E-state index contributed by atoms with van der Waals surface area (Å²) in [5.74, 6) is 0. The summed E-state index contributed by atoms with van der Waals surface area (Å²) in [5, 5.41) is 4.15. The minimum absolute atomic E-state index is 0.0122. The van der Waals surface area contributed by atoms with E-state index in [4.69, 9.17) is 0 Å². The second kappa shape index (κ2) is 17.3. The molecule has 0 saturated heterocycles. The van der Waals surface area contributed by atoms with E-state index >= 15 is 0 Å². The van der Waals surface area contributed by atoms with Gasteiger partial charge in [0.25, 0.3) is 6.71 Å². The van der Waals surface area contributed by atoms with Gasteiger partial charge in [-0.25, -0.2) is 0 Å². The van der Waals surface area contributed by atoms with Crippen LogP contribution in [-0.2, 0) is 0 Å². The van der Waals surface area contributed by atoms with E-state index in [1.807, 2.05) is 11.8 Å². The second-order valence-electron chi connectivity index (χ2n) is 19.3. The van der Waals surface area contributed by atoms with Crippen molar-refractivity contribution < 1.29 is 0 Å². The van der Waals surface area contributed by atoms with Crippen LogP contribution >= 0.6 is 11.8 Å². The average Bonchev–Trinajstić information content (AvgIpc) is 3.46. The summed E-state index contributed by atoms with van der Waals surface area (Å²) in [4.78, 5) is 12.3. The van der Waals surface area contributed by atoms with Crippen molar-refractivity contribution in [2.24, 2.45) is 0 Å². The standard InChI is InChI=1S/C66H45B2N5S/c1-7-23-45(24-8-1)70(46-25-9-2-10-26-46)51-39-58-65-61(40-51)72(49-31-15-5-16-32-49)59-37-21-19-35-53(59)67(65)55-43-56-63(44-57(55)69-58)74-64-42-52(71(47-27-11-3-12-28-47)48-29-13-4-14-30-48)41-62-66(64)68(56)54-36-20-22-38-60(54)73(62)50-33-17-6-18-34-50/h1-44,69H. The van der Waals surface area contributed by atoms with Gasteiger partial charge in [0.15, 0.2) is 0 Å². The van der Waals surface area contributed by atoms with Crippen molar-refractivity contribution in [3.63, 3.8) is 0 Å². The van der Waals surface area contributed by atoms with Gasteiger partial charge in [-0.15, -0.1) is 0 Å². The number of hydrogen-bond donors (Lipinski definition) is 1. The molecule has 0 aromatic heterocycles. The van der Waals surface area contributed by atoms with Gasteiger partial charge in [0, 0.05) is 83.7 Å². The predicted molar refractivity (Wildman–Crippen MR) is 315 cm³/mol. The fourth-order valence-corrected chi connectivity index (χ4v) is 13.4. The average molecular weight is 962 g/mol. The summed E-state index contributed by atoms with van der Waals surface area (Å²) < 4.78 is 0. The van der Waals surface area contributed by atoms with Crippen molar-refractivity contribution in [3.05, 3.63) is 267 Å². The highest BCUT2D eigenvalue weighted by Gasteiger charge is 2.46. The summed E-state index contributed by atoms with van der Waals surface area (Å²) in [6.07, 6.45) is 0. The van der Waals surface area contributed by atoms with Gasteiger partial charge < -0.3 is 24.9 Å². The molecule has 0 unspecified atom stereocenters. The maximum Gasteiger partial charge on any atom is 0.252 e. The third kappa shape index (κ3) is 6.75. The molecular weight excluding hydrogens is 916 g/mol. The van der Waals surface area contributed by atoms with Crippen molar-refractivity contribution >= 4 is 138 Å². The summed E-state index contributed by atoms with van der Waals surface area (Å²) in [6, 6.07) is 97.7. The zero-order chi connectivity index (χ0) is 48.7. The van der Waals surface area contributed by atoms with Crippen molar-refractivity contribution in [3.8, 4) is 0 Å². The zero-order valence-electron chi connectivity index (χ0n) is 40.3. The first-order valence-electron chi connectivity index (χ1n) is 25.4. The molecule has 1 N–H and O–H groups in total. The number of fused-ring (bicyclic) bond motifs is 8. The maximum absolute atomic E-state index is 4.15. The number of nitrogens with one attached hydrogen (secondary N) is 1. The Morgan fingerprint density at radius 1 is 0.297 bits per heavy atom. The van der Waals surface area contributed by atoms with Gasteiger partial charge in [0.1, 0.15) is 0 Å². The lowest BCUT2D eigenvalue weighted by atomic mass is 9.31. The van der Waals surface area contributed by atoms with E-state index in [1.54, 1.807) is 0 Å². The topological polar surface area (TPSA) is 25.0 Å². The lowest BCUT2D eigenvalue weighted by molar-refractivity contribution is 1.23. The van der Waals surface area contributed by atoms with E-state index in [9.17, 15) is 0 Å². The lowest BCUT2D eigenvalue weighted by Crippen LogP contribution is -2.63. The van der Waals surface area contributed by atoms with Crippen LogP contribution in [0.25, 0.3) is 0 Å². The Morgan fingerprint density at radius 2 is 0.703 bits per heavy atom. The van der Waals surface area contributed by atoms with Crippen LogP contribution in [0.1, 0.15) is 0 Å². The van der Waals surface area contributed by atoms with Crippen LogP contribution in [-0.4, -0.2) is 13.4 Å². The largest absolute Gasteiger partial charge is 0.356 e. The minimum Gasteiger partial charge on any atom is -0.356 e. The Morgan fingerprint density at radius 3 is 1.19 bits per heavy atom. The summed E-state index contributed by atoms with van der Waals surface area (Å²) in [5.41, 5.74) is 23.7. The second-order valence-corrected chi connectivity index (χ2v) is 20.4. The van der Waals surface area contributed by atoms with Crippen LogP contribution in [0.3, 0.4) is 0 Å². The third-order valence-electron chi connectivity index (χ3n) is 15.2. The molecule has 74 heavy (non-hydrogen) atoms. The van der Waals surface area contributed by atoms with Gasteiger partial charge in [-0.3, -0.25) is 0 Å². The van der Waals surface area contributed by atoms with Crippen LogP contribution in [0, 0.1) is 0 Å². The Kier molecular flexibility index (Phi) is 9.95. The monoisotopic (exact) mass is 961 g/mol. The fourth-order valence-electron chi connectivity index (χ4n) is 12.2. The molecule has 15 rings (SSSR count). The summed E-state index contributed by atoms with van der Waals surface area (Å²) in [6.45, 7) is -0.0475. The molecule has 0 bridgehead atoms. The highest BCUT2D eigenvalue weighted by molar-refractivity contribution is 8.00. The molecule has 0 radical (unpaired) electrons. The Labute approximate surface area is 436 Å². The molecule has 0 aliphatic carbocycles. The molecule has 5 nitrogen and oxygen atoms in total. The third-order valence-corrected chi connectivity index (χ3v) is 16.3. The van der Waals surface area contributed by atoms with Crippen molar-refractivity contribution in [2.45, 2.75) is 9.79 Å². The van der Waals surface area contributed by atoms with Crippen LogP contribution in [0.15, 0.2) is 277 Å². The molecular formula is C66H45B2N5S. The van der Waals surface area contributed by atoms with Crippen molar-refractivity contribution in [1.82, 2.24) is 0 Å². The molecule has 4 heterocycles. The molecule has 0 saturated carbocycles. The van der Waals surface area contributed by atoms with Crippen LogP contribution in [0.2, 0.25) is 0 Å². The Balaban J connectivity index is 0.968. The number of rotatable bonds is 8. The van der Waals surface area contributed by atoms with E-state index in [1.165, 1.54) is 59.6 Å². The minimum atomic E-state index is -0.0353. The highest BCUT2D eigenvalue weighted by Crippen LogP contribution is 2.49. The normalized spacial score (nSPS) is 13.1. The SMILES string of the molecule is c1ccc(N(c2ccccc2)c2cc3c4c(c2)N(c2ccccc2)c2ccccc2B4c2cc4c(cc2N3)Sc2cc(N(c3ccccc3)c3ccccc3)cc3c2B4c2ccccc2N3c2ccccc2)cc1. The van der Waals surface area contributed by atoms with Gasteiger partial charge in [0.05, 0.1) is 5.69 Å². The molecule has 11 aromatic rings. The molecule has 11 aromatic carbocycles. The van der Waals surface area contributed by atoms with Crippen LogP contribution in [0.4, 0.5) is 79.6 Å². The van der Waals surface area contributed by atoms with Crippen LogP contribution in [0.5, 0.6) is 0 Å². The number of benzene rings is 11. The predicted octanol–water partition coefficient (Wildman–Crippen LogP) is 13.7. The van der Waals surface area contributed by atoms with Gasteiger partial charge in [-0.05, 0) is 143 Å². The molecule has 0 spiro atoms. The first-order chi connectivity index (χ1) is 36.7. The van der Waals surface area contributed by atoms with E-state index in [2.05, 4.69) is 292 Å². The molecule has 346 valence electrons. The Hall–Kier alpha value is -9.10. The summed E-state index contributed by atoms with van der Waals surface area (Å²) in [7, 11) is 0. The van der Waals surface area contributed by atoms with E-state index in [0.717, 1.165) is 62.6 Å². The molecule has 4 aliphatic rings. The maximum atomic E-state index is 4.15. The fraction of sp³-hybridized carbons (Fsp3) is 0. The van der Waals surface area contributed by atoms with Gasteiger partial charge in [-0.2, -0.15) is 0 Å². The quantitative estimate of drug-likeness (QED) is 0.152. The highest BCUT2D eigenvalue weighted by atomic mass is 32.2. The summed E-state index contributed by atoms with van der Waals surface area (Å²) >= 11 is 1.90. The number of anilines is 14. The van der Waals surface area contributed by atoms with Gasteiger partial charge in [-0.1, -0.05) is 169 Å². The van der Waals surface area contributed by atoms with Crippen molar-refractivity contribution in [1.29, 1.82) is 0 Å².